The molecule has 4 heterocycles. The van der Waals surface area contributed by atoms with Crippen LogP contribution in [0.1, 0.15) is 37.7 Å². The van der Waals surface area contributed by atoms with Gasteiger partial charge in [0.2, 0.25) is 0 Å². The molecule has 7 heteroatoms. The monoisotopic (exact) mass is 385 g/mol. The van der Waals surface area contributed by atoms with Gasteiger partial charge in [-0.25, -0.2) is 9.97 Å². The van der Waals surface area contributed by atoms with Crippen LogP contribution in [-0.2, 0) is 23.8 Å². The van der Waals surface area contributed by atoms with Crippen LogP contribution in [0.3, 0.4) is 0 Å². The molecule has 0 N–H and O–H groups in total. The SMILES string of the molecule is Cc1nc(N2CCOC(C)(c3cnn(C)c3)C2)c2c(CC(C)C)csc2n1. The summed E-state index contributed by atoms with van der Waals surface area (Å²) in [6.07, 6.45) is 4.99. The zero-order valence-corrected chi connectivity index (χ0v) is 17.5. The van der Waals surface area contributed by atoms with Crippen LogP contribution in [0.25, 0.3) is 10.2 Å². The summed E-state index contributed by atoms with van der Waals surface area (Å²) in [5.74, 6) is 2.47. The Kier molecular flexibility index (Phi) is 4.68. The van der Waals surface area contributed by atoms with Gasteiger partial charge in [-0.15, -0.1) is 11.3 Å². The average Bonchev–Trinajstić information content (AvgIpc) is 3.21. The van der Waals surface area contributed by atoms with E-state index in [1.54, 1.807) is 11.3 Å². The fourth-order valence-electron chi connectivity index (χ4n) is 3.82. The lowest BCUT2D eigenvalue weighted by atomic mass is 9.96. The molecule has 1 fully saturated rings. The maximum absolute atomic E-state index is 6.20. The minimum atomic E-state index is -0.397. The molecule has 4 rings (SSSR count). The first-order valence-electron chi connectivity index (χ1n) is 9.48. The van der Waals surface area contributed by atoms with Gasteiger partial charge in [0.25, 0.3) is 0 Å². The smallest absolute Gasteiger partial charge is 0.141 e. The molecule has 1 aliphatic rings. The number of morpholine rings is 1. The minimum Gasteiger partial charge on any atom is -0.367 e. The molecule has 1 aliphatic heterocycles. The van der Waals surface area contributed by atoms with Crippen LogP contribution in [0.4, 0.5) is 5.82 Å². The molecule has 27 heavy (non-hydrogen) atoms. The number of hydrogen-bond acceptors (Lipinski definition) is 6. The molecule has 0 spiro atoms. The van der Waals surface area contributed by atoms with Crippen molar-refractivity contribution in [2.45, 2.75) is 39.7 Å². The number of rotatable bonds is 4. The largest absolute Gasteiger partial charge is 0.367 e. The van der Waals surface area contributed by atoms with Crippen LogP contribution in [0, 0.1) is 12.8 Å². The predicted molar refractivity (Wildman–Crippen MR) is 109 cm³/mol. The van der Waals surface area contributed by atoms with E-state index >= 15 is 0 Å². The lowest BCUT2D eigenvalue weighted by Crippen LogP contribution is -2.48. The highest BCUT2D eigenvalue weighted by Gasteiger charge is 2.36. The van der Waals surface area contributed by atoms with Crippen molar-refractivity contribution >= 4 is 27.4 Å². The van der Waals surface area contributed by atoms with E-state index in [2.05, 4.69) is 36.1 Å². The van der Waals surface area contributed by atoms with Gasteiger partial charge in [-0.1, -0.05) is 13.8 Å². The Morgan fingerprint density at radius 1 is 1.33 bits per heavy atom. The molecule has 0 aromatic carbocycles. The molecule has 6 nitrogen and oxygen atoms in total. The molecular weight excluding hydrogens is 358 g/mol. The first kappa shape index (κ1) is 18.4. The zero-order chi connectivity index (χ0) is 19.2. The number of hydrogen-bond donors (Lipinski definition) is 0. The third-order valence-electron chi connectivity index (χ3n) is 5.12. The molecular formula is C20H27N5OS. The van der Waals surface area contributed by atoms with Gasteiger partial charge in [0, 0.05) is 25.4 Å². The van der Waals surface area contributed by atoms with E-state index in [9.17, 15) is 0 Å². The van der Waals surface area contributed by atoms with Crippen molar-refractivity contribution < 1.29 is 4.74 Å². The highest BCUT2D eigenvalue weighted by atomic mass is 32.1. The van der Waals surface area contributed by atoms with Gasteiger partial charge in [-0.2, -0.15) is 5.10 Å². The lowest BCUT2D eigenvalue weighted by Gasteiger charge is -2.41. The van der Waals surface area contributed by atoms with E-state index in [-0.39, 0.29) is 0 Å². The van der Waals surface area contributed by atoms with Gasteiger partial charge < -0.3 is 9.64 Å². The van der Waals surface area contributed by atoms with Crippen molar-refractivity contribution in [2.24, 2.45) is 13.0 Å². The van der Waals surface area contributed by atoms with Gasteiger partial charge in [-0.3, -0.25) is 4.68 Å². The van der Waals surface area contributed by atoms with E-state index in [4.69, 9.17) is 14.7 Å². The summed E-state index contributed by atoms with van der Waals surface area (Å²) in [4.78, 5) is 13.0. The van der Waals surface area contributed by atoms with Crippen molar-refractivity contribution in [3.8, 4) is 0 Å². The zero-order valence-electron chi connectivity index (χ0n) is 16.7. The first-order chi connectivity index (χ1) is 12.9. The Balaban J connectivity index is 1.76. The maximum atomic E-state index is 6.20. The molecule has 0 saturated carbocycles. The maximum Gasteiger partial charge on any atom is 0.141 e. The molecule has 1 unspecified atom stereocenters. The standard InChI is InChI=1S/C20H27N5OS/c1-13(2)8-15-11-27-19-17(15)18(22-14(3)23-19)25-6-7-26-20(4,12-25)16-9-21-24(5)10-16/h9-11,13H,6-8,12H2,1-5H3. The van der Waals surface area contributed by atoms with Gasteiger partial charge in [0.15, 0.2) is 0 Å². The van der Waals surface area contributed by atoms with Crippen LogP contribution in [0.15, 0.2) is 17.8 Å². The molecule has 0 radical (unpaired) electrons. The summed E-state index contributed by atoms with van der Waals surface area (Å²) in [6.45, 7) is 10.9. The summed E-state index contributed by atoms with van der Waals surface area (Å²) in [7, 11) is 1.94. The Hall–Kier alpha value is -1.99. The summed E-state index contributed by atoms with van der Waals surface area (Å²) < 4.78 is 8.03. The summed E-state index contributed by atoms with van der Waals surface area (Å²) in [6, 6.07) is 0. The fourth-order valence-corrected chi connectivity index (χ4v) is 4.82. The van der Waals surface area contributed by atoms with Crippen molar-refractivity contribution in [3.63, 3.8) is 0 Å². The number of fused-ring (bicyclic) bond motifs is 1. The van der Waals surface area contributed by atoms with Gasteiger partial charge in [0.05, 0.1) is 24.7 Å². The molecule has 1 atom stereocenters. The fraction of sp³-hybridized carbons (Fsp3) is 0.550. The van der Waals surface area contributed by atoms with Crippen LogP contribution < -0.4 is 4.90 Å². The van der Waals surface area contributed by atoms with Crippen molar-refractivity contribution in [2.75, 3.05) is 24.6 Å². The molecule has 3 aromatic rings. The average molecular weight is 386 g/mol. The minimum absolute atomic E-state index is 0.397. The second kappa shape index (κ2) is 6.87. The van der Waals surface area contributed by atoms with Crippen LogP contribution >= 0.6 is 11.3 Å². The second-order valence-electron chi connectivity index (χ2n) is 8.04. The van der Waals surface area contributed by atoms with Gasteiger partial charge in [-0.05, 0) is 37.1 Å². The quantitative estimate of drug-likeness (QED) is 0.686. The van der Waals surface area contributed by atoms with Gasteiger partial charge in [0.1, 0.15) is 22.1 Å². The van der Waals surface area contributed by atoms with Crippen LogP contribution in [0.2, 0.25) is 0 Å². The third kappa shape index (κ3) is 3.46. The predicted octanol–water partition coefficient (Wildman–Crippen LogP) is 3.68. The molecule has 3 aromatic heterocycles. The molecule has 0 amide bonds. The lowest BCUT2D eigenvalue weighted by molar-refractivity contribution is -0.0467. The third-order valence-corrected chi connectivity index (χ3v) is 6.04. The Bertz CT molecular complexity index is 963. The van der Waals surface area contributed by atoms with E-state index < -0.39 is 5.60 Å². The van der Waals surface area contributed by atoms with E-state index in [1.165, 1.54) is 10.9 Å². The number of aromatic nitrogens is 4. The molecule has 1 saturated heterocycles. The normalized spacial score (nSPS) is 20.7. The first-order valence-corrected chi connectivity index (χ1v) is 10.4. The molecule has 0 aliphatic carbocycles. The summed E-state index contributed by atoms with van der Waals surface area (Å²) >= 11 is 1.73. The number of aryl methyl sites for hydroxylation is 2. The van der Waals surface area contributed by atoms with Crippen LogP contribution in [0.5, 0.6) is 0 Å². The van der Waals surface area contributed by atoms with Crippen molar-refractivity contribution in [1.29, 1.82) is 0 Å². The number of ether oxygens (including phenoxy) is 1. The highest BCUT2D eigenvalue weighted by molar-refractivity contribution is 7.17. The van der Waals surface area contributed by atoms with E-state index in [0.29, 0.717) is 12.5 Å². The highest BCUT2D eigenvalue weighted by Crippen LogP contribution is 2.37. The number of nitrogens with zero attached hydrogens (tertiary/aromatic N) is 5. The second-order valence-corrected chi connectivity index (χ2v) is 8.90. The number of anilines is 1. The van der Waals surface area contributed by atoms with E-state index in [1.807, 2.05) is 31.0 Å². The molecule has 144 valence electrons. The van der Waals surface area contributed by atoms with Gasteiger partial charge >= 0.3 is 0 Å². The van der Waals surface area contributed by atoms with Crippen molar-refractivity contribution in [1.82, 2.24) is 19.7 Å². The Morgan fingerprint density at radius 2 is 2.15 bits per heavy atom. The number of thiophene rings is 1. The topological polar surface area (TPSA) is 56.1 Å². The molecule has 0 bridgehead atoms. The van der Waals surface area contributed by atoms with Crippen molar-refractivity contribution in [3.05, 3.63) is 34.7 Å². The van der Waals surface area contributed by atoms with E-state index in [0.717, 1.165) is 41.5 Å². The Morgan fingerprint density at radius 3 is 2.85 bits per heavy atom. The summed E-state index contributed by atoms with van der Waals surface area (Å²) in [5.41, 5.74) is 2.06. The Labute approximate surface area is 164 Å². The summed E-state index contributed by atoms with van der Waals surface area (Å²) in [5, 5.41) is 7.80. The van der Waals surface area contributed by atoms with Crippen LogP contribution in [-0.4, -0.2) is 39.4 Å².